The molecule has 3 aromatic rings. The van der Waals surface area contributed by atoms with Crippen LogP contribution in [0.1, 0.15) is 21.7 Å². The number of aromatic nitrogens is 4. The summed E-state index contributed by atoms with van der Waals surface area (Å²) in [6, 6.07) is 8.50. The minimum Gasteiger partial charge on any atom is -0.366 e. The third kappa shape index (κ3) is 3.77. The molecule has 0 fully saturated rings. The SMILES string of the molecule is Cc1cc(C)n2nc(SCC(=O)Nc3ccccc3C(N)=O)nc2n1. The summed E-state index contributed by atoms with van der Waals surface area (Å²) in [5.74, 6) is -0.275. The van der Waals surface area contributed by atoms with Crippen LogP contribution in [0.2, 0.25) is 0 Å². The molecule has 0 unspecified atom stereocenters. The van der Waals surface area contributed by atoms with Crippen LogP contribution in [-0.2, 0) is 4.79 Å². The van der Waals surface area contributed by atoms with Gasteiger partial charge in [-0.15, -0.1) is 5.10 Å². The second-order valence-corrected chi connectivity index (χ2v) is 6.33. The van der Waals surface area contributed by atoms with Crippen LogP contribution in [0.15, 0.2) is 35.5 Å². The van der Waals surface area contributed by atoms with Gasteiger partial charge in [0, 0.05) is 11.4 Å². The lowest BCUT2D eigenvalue weighted by molar-refractivity contribution is -0.113. The Balaban J connectivity index is 1.69. The van der Waals surface area contributed by atoms with Crippen molar-refractivity contribution >= 4 is 35.0 Å². The van der Waals surface area contributed by atoms with Crippen molar-refractivity contribution in [2.24, 2.45) is 5.73 Å². The van der Waals surface area contributed by atoms with Gasteiger partial charge >= 0.3 is 0 Å². The Bertz CT molecular complexity index is 968. The molecule has 0 spiro atoms. The number of carbonyl (C=O) groups is 2. The molecule has 0 aliphatic heterocycles. The molecule has 128 valence electrons. The molecule has 1 aromatic carbocycles. The average Bonchev–Trinajstić information content (AvgIpc) is 2.96. The Morgan fingerprint density at radius 2 is 2.00 bits per heavy atom. The number of nitrogens with one attached hydrogen (secondary N) is 1. The minimum absolute atomic E-state index is 0.0992. The lowest BCUT2D eigenvalue weighted by Gasteiger charge is -2.07. The third-order valence-corrected chi connectivity index (χ3v) is 4.24. The number of hydrogen-bond acceptors (Lipinski definition) is 6. The number of aryl methyl sites for hydroxylation is 2. The van der Waals surface area contributed by atoms with E-state index in [1.165, 1.54) is 11.8 Å². The van der Waals surface area contributed by atoms with Gasteiger partial charge in [-0.1, -0.05) is 23.9 Å². The van der Waals surface area contributed by atoms with Crippen LogP contribution in [0, 0.1) is 13.8 Å². The Labute approximate surface area is 147 Å². The quantitative estimate of drug-likeness (QED) is 0.671. The normalized spacial score (nSPS) is 10.8. The van der Waals surface area contributed by atoms with Gasteiger partial charge in [-0.3, -0.25) is 9.59 Å². The summed E-state index contributed by atoms with van der Waals surface area (Å²) >= 11 is 1.19. The molecule has 2 aromatic heterocycles. The highest BCUT2D eigenvalue weighted by Gasteiger charge is 2.13. The van der Waals surface area contributed by atoms with Gasteiger partial charge in [0.05, 0.1) is 17.0 Å². The molecule has 0 radical (unpaired) electrons. The number of benzene rings is 1. The van der Waals surface area contributed by atoms with Crippen LogP contribution in [-0.4, -0.2) is 37.1 Å². The van der Waals surface area contributed by atoms with E-state index in [0.717, 1.165) is 11.4 Å². The molecule has 0 saturated heterocycles. The summed E-state index contributed by atoms with van der Waals surface area (Å²) in [5, 5.41) is 7.47. The van der Waals surface area contributed by atoms with Crippen molar-refractivity contribution in [2.45, 2.75) is 19.0 Å². The van der Waals surface area contributed by atoms with Crippen molar-refractivity contribution in [3.8, 4) is 0 Å². The Kier molecular flexibility index (Phi) is 4.66. The molecule has 2 heterocycles. The summed E-state index contributed by atoms with van der Waals surface area (Å²) in [6.07, 6.45) is 0. The van der Waals surface area contributed by atoms with E-state index in [0.29, 0.717) is 16.6 Å². The number of thioether (sulfide) groups is 1. The third-order valence-electron chi connectivity index (χ3n) is 3.40. The molecule has 0 aliphatic rings. The van der Waals surface area contributed by atoms with Crippen LogP contribution in [0.25, 0.3) is 5.78 Å². The van der Waals surface area contributed by atoms with Crippen molar-refractivity contribution < 1.29 is 9.59 Å². The first-order valence-corrected chi connectivity index (χ1v) is 8.45. The van der Waals surface area contributed by atoms with Crippen LogP contribution in [0.5, 0.6) is 0 Å². The number of nitrogens with two attached hydrogens (primary N) is 1. The van der Waals surface area contributed by atoms with Crippen molar-refractivity contribution in [1.82, 2.24) is 19.6 Å². The summed E-state index contributed by atoms with van der Waals surface area (Å²) in [4.78, 5) is 32.1. The Morgan fingerprint density at radius 1 is 1.24 bits per heavy atom. The van der Waals surface area contributed by atoms with E-state index in [9.17, 15) is 9.59 Å². The lowest BCUT2D eigenvalue weighted by Crippen LogP contribution is -2.19. The maximum atomic E-state index is 12.1. The highest BCUT2D eigenvalue weighted by atomic mass is 32.2. The molecular formula is C16H16N6O2S. The molecule has 8 nitrogen and oxygen atoms in total. The van der Waals surface area contributed by atoms with Crippen LogP contribution in [0.4, 0.5) is 5.69 Å². The zero-order chi connectivity index (χ0) is 18.0. The number of fused-ring (bicyclic) bond motifs is 1. The van der Waals surface area contributed by atoms with Gasteiger partial charge in [0.2, 0.25) is 11.1 Å². The number of hydrogen-bond donors (Lipinski definition) is 2. The first-order chi connectivity index (χ1) is 11.9. The van der Waals surface area contributed by atoms with Crippen molar-refractivity contribution in [1.29, 1.82) is 0 Å². The first-order valence-electron chi connectivity index (χ1n) is 7.46. The summed E-state index contributed by atoms with van der Waals surface area (Å²) < 4.78 is 1.63. The predicted molar refractivity (Wildman–Crippen MR) is 94.6 cm³/mol. The molecule has 25 heavy (non-hydrogen) atoms. The van der Waals surface area contributed by atoms with Gasteiger partial charge in [-0.2, -0.15) is 4.98 Å². The van der Waals surface area contributed by atoms with Crippen molar-refractivity contribution in [3.05, 3.63) is 47.3 Å². The van der Waals surface area contributed by atoms with Gasteiger partial charge in [-0.25, -0.2) is 9.50 Å². The smallest absolute Gasteiger partial charge is 0.253 e. The predicted octanol–water partition coefficient (Wildman–Crippen LogP) is 1.57. The lowest BCUT2D eigenvalue weighted by atomic mass is 10.1. The van der Waals surface area contributed by atoms with Crippen molar-refractivity contribution in [3.63, 3.8) is 0 Å². The fourth-order valence-electron chi connectivity index (χ4n) is 2.33. The maximum absolute atomic E-state index is 12.1. The van der Waals surface area contributed by atoms with E-state index in [1.807, 2.05) is 19.9 Å². The number of carbonyl (C=O) groups excluding carboxylic acids is 2. The zero-order valence-electron chi connectivity index (χ0n) is 13.7. The number of anilines is 1. The molecule has 0 atom stereocenters. The van der Waals surface area contributed by atoms with Gasteiger partial charge < -0.3 is 11.1 Å². The second-order valence-electron chi connectivity index (χ2n) is 5.39. The molecular weight excluding hydrogens is 340 g/mol. The maximum Gasteiger partial charge on any atom is 0.253 e. The highest BCUT2D eigenvalue weighted by molar-refractivity contribution is 7.99. The van der Waals surface area contributed by atoms with E-state index in [1.54, 1.807) is 28.8 Å². The van der Waals surface area contributed by atoms with Crippen LogP contribution in [0.3, 0.4) is 0 Å². The monoisotopic (exact) mass is 356 g/mol. The van der Waals surface area contributed by atoms with Gasteiger partial charge in [0.15, 0.2) is 0 Å². The zero-order valence-corrected chi connectivity index (χ0v) is 14.5. The molecule has 9 heteroatoms. The second kappa shape index (κ2) is 6.89. The number of amides is 2. The van der Waals surface area contributed by atoms with Gasteiger partial charge in [0.1, 0.15) is 0 Å². The van der Waals surface area contributed by atoms with E-state index in [-0.39, 0.29) is 17.2 Å². The van der Waals surface area contributed by atoms with E-state index in [4.69, 9.17) is 5.73 Å². The molecule has 3 N–H and O–H groups in total. The fraction of sp³-hybridized carbons (Fsp3) is 0.188. The number of primary amides is 1. The summed E-state index contributed by atoms with van der Waals surface area (Å²) in [5.41, 5.74) is 7.73. The fourth-order valence-corrected chi connectivity index (χ4v) is 2.95. The van der Waals surface area contributed by atoms with Crippen LogP contribution >= 0.6 is 11.8 Å². The van der Waals surface area contributed by atoms with Gasteiger partial charge in [0.25, 0.3) is 11.7 Å². The van der Waals surface area contributed by atoms with Crippen molar-refractivity contribution in [2.75, 3.05) is 11.1 Å². The molecule has 0 bridgehead atoms. The van der Waals surface area contributed by atoms with E-state index in [2.05, 4.69) is 20.4 Å². The minimum atomic E-state index is -0.595. The highest BCUT2D eigenvalue weighted by Crippen LogP contribution is 2.18. The molecule has 0 aliphatic carbocycles. The summed E-state index contributed by atoms with van der Waals surface area (Å²) in [7, 11) is 0. The number of rotatable bonds is 5. The van der Waals surface area contributed by atoms with Gasteiger partial charge in [-0.05, 0) is 32.0 Å². The van der Waals surface area contributed by atoms with Crippen LogP contribution < -0.4 is 11.1 Å². The standard InChI is InChI=1S/C16H16N6O2S/c1-9-7-10(2)22-15(18-9)20-16(21-22)25-8-13(23)19-12-6-4-3-5-11(12)14(17)24/h3-7H,8H2,1-2H3,(H2,17,24)(H,19,23). The Morgan fingerprint density at radius 3 is 2.76 bits per heavy atom. The largest absolute Gasteiger partial charge is 0.366 e. The Hall–Kier alpha value is -2.94. The molecule has 3 rings (SSSR count). The number of para-hydroxylation sites is 1. The first kappa shape index (κ1) is 16.9. The number of nitrogens with zero attached hydrogens (tertiary/aromatic N) is 4. The topological polar surface area (TPSA) is 115 Å². The van der Waals surface area contributed by atoms with E-state index >= 15 is 0 Å². The average molecular weight is 356 g/mol. The van der Waals surface area contributed by atoms with E-state index < -0.39 is 5.91 Å². The molecule has 0 saturated carbocycles. The molecule has 2 amide bonds. The summed E-state index contributed by atoms with van der Waals surface area (Å²) in [6.45, 7) is 3.80.